The van der Waals surface area contributed by atoms with E-state index in [4.69, 9.17) is 21.4 Å². The molecule has 1 aliphatic rings. The second-order valence-electron chi connectivity index (χ2n) is 7.33. The lowest BCUT2D eigenvalue weighted by Crippen LogP contribution is -2.35. The highest BCUT2D eigenvalue weighted by Gasteiger charge is 2.27. The van der Waals surface area contributed by atoms with Crippen LogP contribution in [0.2, 0.25) is 5.02 Å². The highest BCUT2D eigenvalue weighted by atomic mass is 35.5. The molecule has 1 heterocycles. The van der Waals surface area contributed by atoms with Gasteiger partial charge in [-0.25, -0.2) is 4.98 Å². The normalized spacial score (nSPS) is 18.1. The first-order chi connectivity index (χ1) is 14.9. The Kier molecular flexibility index (Phi) is 7.83. The summed E-state index contributed by atoms with van der Waals surface area (Å²) in [6.45, 7) is 0.526. The van der Waals surface area contributed by atoms with Crippen LogP contribution in [-0.2, 0) is 4.79 Å². The van der Waals surface area contributed by atoms with E-state index in [1.165, 1.54) is 6.20 Å². The van der Waals surface area contributed by atoms with Crippen LogP contribution in [0, 0.1) is 5.92 Å². The lowest BCUT2D eigenvalue weighted by atomic mass is 9.87. The molecular weight excluding hydrogens is 422 g/mol. The average Bonchev–Trinajstić information content (AvgIpc) is 2.78. The molecule has 9 heteroatoms. The van der Waals surface area contributed by atoms with Crippen molar-refractivity contribution < 1.29 is 24.2 Å². The number of nitrogens with one attached hydrogen (secondary N) is 2. The van der Waals surface area contributed by atoms with E-state index in [1.807, 2.05) is 0 Å². The van der Waals surface area contributed by atoms with E-state index in [2.05, 4.69) is 15.6 Å². The summed E-state index contributed by atoms with van der Waals surface area (Å²) < 4.78 is 5.85. The lowest BCUT2D eigenvalue weighted by Gasteiger charge is -2.26. The maximum Gasteiger partial charge on any atom is 0.306 e. The first-order valence-corrected chi connectivity index (χ1v) is 10.5. The zero-order chi connectivity index (χ0) is 22.2. The smallest absolute Gasteiger partial charge is 0.306 e. The summed E-state index contributed by atoms with van der Waals surface area (Å²) in [5, 5.41) is 15.0. The van der Waals surface area contributed by atoms with Crippen molar-refractivity contribution in [1.82, 2.24) is 15.6 Å². The Bertz CT molecular complexity index is 910. The number of carboxylic acids is 1. The molecule has 0 saturated heterocycles. The zero-order valence-corrected chi connectivity index (χ0v) is 17.6. The number of ether oxygens (including phenoxy) is 1. The first kappa shape index (κ1) is 22.6. The molecule has 0 aliphatic heterocycles. The van der Waals surface area contributed by atoms with Gasteiger partial charge in [0, 0.05) is 23.7 Å². The molecule has 31 heavy (non-hydrogen) atoms. The number of halogens is 1. The van der Waals surface area contributed by atoms with Crippen LogP contribution in [0.1, 0.15) is 46.5 Å². The minimum absolute atomic E-state index is 0.0404. The standard InChI is InChI=1S/C22H24ClN3O5/c23-16-5-1-14(2-6-16)20(27)24-11-12-25-21(28)19-10-9-18(13-26-19)31-17-7-3-15(4-8-17)22(29)30/h1-2,5-6,9-10,13,15,17H,3-4,7-8,11-12H2,(H,24,27)(H,25,28)(H,29,30)/t15-,17+. The van der Waals surface area contributed by atoms with E-state index in [0.29, 0.717) is 42.0 Å². The predicted molar refractivity (Wildman–Crippen MR) is 114 cm³/mol. The second-order valence-corrected chi connectivity index (χ2v) is 7.76. The summed E-state index contributed by atoms with van der Waals surface area (Å²) in [5.41, 5.74) is 0.732. The molecule has 3 N–H and O–H groups in total. The van der Waals surface area contributed by atoms with Crippen LogP contribution in [-0.4, -0.2) is 47.1 Å². The molecule has 1 aromatic heterocycles. The van der Waals surface area contributed by atoms with Gasteiger partial charge in [0.1, 0.15) is 11.4 Å². The number of amides is 2. The molecule has 8 nitrogen and oxygen atoms in total. The third kappa shape index (κ3) is 6.68. The summed E-state index contributed by atoms with van der Waals surface area (Å²) in [5.74, 6) is -1.09. The topological polar surface area (TPSA) is 118 Å². The molecule has 2 aromatic rings. The van der Waals surface area contributed by atoms with E-state index < -0.39 is 5.97 Å². The van der Waals surface area contributed by atoms with Gasteiger partial charge in [-0.1, -0.05) is 11.6 Å². The van der Waals surface area contributed by atoms with Gasteiger partial charge in [0.2, 0.25) is 0 Å². The Morgan fingerprint density at radius 2 is 1.61 bits per heavy atom. The number of benzene rings is 1. The van der Waals surface area contributed by atoms with Crippen LogP contribution in [0.5, 0.6) is 5.75 Å². The van der Waals surface area contributed by atoms with Gasteiger partial charge in [0.05, 0.1) is 18.2 Å². The Morgan fingerprint density at radius 1 is 0.968 bits per heavy atom. The Labute approximate surface area is 185 Å². The molecule has 1 aromatic carbocycles. The SMILES string of the molecule is O=C(NCCNC(=O)c1ccc(O[C@H]2CC[C@@H](C(=O)O)CC2)cn1)c1ccc(Cl)cc1. The minimum Gasteiger partial charge on any atom is -0.489 e. The Hall–Kier alpha value is -3.13. The van der Waals surface area contributed by atoms with Gasteiger partial charge in [-0.05, 0) is 62.1 Å². The molecule has 1 fully saturated rings. The first-order valence-electron chi connectivity index (χ1n) is 10.1. The minimum atomic E-state index is -0.750. The molecule has 0 unspecified atom stereocenters. The molecule has 0 radical (unpaired) electrons. The number of pyridine rings is 1. The van der Waals surface area contributed by atoms with Gasteiger partial charge < -0.3 is 20.5 Å². The Morgan fingerprint density at radius 3 is 2.19 bits per heavy atom. The van der Waals surface area contributed by atoms with Crippen LogP contribution in [0.3, 0.4) is 0 Å². The van der Waals surface area contributed by atoms with E-state index in [0.717, 1.165) is 0 Å². The van der Waals surface area contributed by atoms with E-state index in [-0.39, 0.29) is 42.6 Å². The van der Waals surface area contributed by atoms with Crippen LogP contribution < -0.4 is 15.4 Å². The van der Waals surface area contributed by atoms with Gasteiger partial charge in [-0.2, -0.15) is 0 Å². The van der Waals surface area contributed by atoms with Crippen molar-refractivity contribution >= 4 is 29.4 Å². The van der Waals surface area contributed by atoms with Crippen molar-refractivity contribution in [3.8, 4) is 5.75 Å². The number of nitrogens with zero attached hydrogens (tertiary/aromatic N) is 1. The number of carbonyl (C=O) groups excluding carboxylic acids is 2. The van der Waals surface area contributed by atoms with Gasteiger partial charge in [-0.15, -0.1) is 0 Å². The van der Waals surface area contributed by atoms with Gasteiger partial charge in [0.15, 0.2) is 0 Å². The van der Waals surface area contributed by atoms with E-state index in [1.54, 1.807) is 36.4 Å². The molecule has 2 amide bonds. The van der Waals surface area contributed by atoms with Crippen molar-refractivity contribution in [2.75, 3.05) is 13.1 Å². The van der Waals surface area contributed by atoms with Crippen LogP contribution in [0.25, 0.3) is 0 Å². The maximum atomic E-state index is 12.2. The van der Waals surface area contributed by atoms with Crippen LogP contribution >= 0.6 is 11.6 Å². The number of hydrogen-bond acceptors (Lipinski definition) is 5. The number of carbonyl (C=O) groups is 3. The van der Waals surface area contributed by atoms with Crippen molar-refractivity contribution in [2.24, 2.45) is 5.92 Å². The predicted octanol–water partition coefficient (Wildman–Crippen LogP) is 2.92. The van der Waals surface area contributed by atoms with Crippen LogP contribution in [0.4, 0.5) is 0 Å². The number of aromatic nitrogens is 1. The molecular formula is C22H24ClN3O5. The summed E-state index contributed by atoms with van der Waals surface area (Å²) in [6.07, 6.45) is 4.01. The van der Waals surface area contributed by atoms with Crippen LogP contribution in [0.15, 0.2) is 42.6 Å². The number of aliphatic carboxylic acids is 1. The monoisotopic (exact) mass is 445 g/mol. The van der Waals surface area contributed by atoms with E-state index >= 15 is 0 Å². The van der Waals surface area contributed by atoms with Gasteiger partial charge in [0.25, 0.3) is 11.8 Å². The van der Waals surface area contributed by atoms with Crippen molar-refractivity contribution in [3.05, 3.63) is 58.9 Å². The molecule has 0 bridgehead atoms. The molecule has 0 atom stereocenters. The third-order valence-electron chi connectivity index (χ3n) is 5.10. The van der Waals surface area contributed by atoms with Crippen molar-refractivity contribution in [2.45, 2.75) is 31.8 Å². The fraction of sp³-hybridized carbons (Fsp3) is 0.364. The third-order valence-corrected chi connectivity index (χ3v) is 5.35. The highest BCUT2D eigenvalue weighted by molar-refractivity contribution is 6.30. The molecule has 3 rings (SSSR count). The number of hydrogen-bond donors (Lipinski definition) is 3. The average molecular weight is 446 g/mol. The lowest BCUT2D eigenvalue weighted by molar-refractivity contribution is -0.143. The summed E-state index contributed by atoms with van der Waals surface area (Å²) >= 11 is 5.80. The second kappa shape index (κ2) is 10.8. The molecule has 1 aliphatic carbocycles. The molecule has 164 valence electrons. The fourth-order valence-corrected chi connectivity index (χ4v) is 3.48. The van der Waals surface area contributed by atoms with Crippen molar-refractivity contribution in [1.29, 1.82) is 0 Å². The summed E-state index contributed by atoms with van der Waals surface area (Å²) in [6, 6.07) is 9.77. The van der Waals surface area contributed by atoms with E-state index in [9.17, 15) is 14.4 Å². The van der Waals surface area contributed by atoms with Gasteiger partial charge >= 0.3 is 5.97 Å². The fourth-order valence-electron chi connectivity index (χ4n) is 3.35. The summed E-state index contributed by atoms with van der Waals surface area (Å²) in [4.78, 5) is 39.3. The molecule has 0 spiro atoms. The number of carboxylic acid groups (broad SMARTS) is 1. The largest absolute Gasteiger partial charge is 0.489 e. The number of rotatable bonds is 8. The quantitative estimate of drug-likeness (QED) is 0.538. The van der Waals surface area contributed by atoms with Crippen molar-refractivity contribution in [3.63, 3.8) is 0 Å². The maximum absolute atomic E-state index is 12.2. The highest BCUT2D eigenvalue weighted by Crippen LogP contribution is 2.27. The summed E-state index contributed by atoms with van der Waals surface area (Å²) in [7, 11) is 0. The molecule has 1 saturated carbocycles. The van der Waals surface area contributed by atoms with Gasteiger partial charge in [-0.3, -0.25) is 14.4 Å². The zero-order valence-electron chi connectivity index (χ0n) is 16.8. The Balaban J connectivity index is 1.38.